The van der Waals surface area contributed by atoms with Crippen LogP contribution in [0.15, 0.2) is 125 Å². The number of anilines is 10. The second kappa shape index (κ2) is 35.4. The molecule has 7 aromatic rings. The van der Waals surface area contributed by atoms with Gasteiger partial charge >= 0.3 is 243 Å². The number of benzene rings is 5. The summed E-state index contributed by atoms with van der Waals surface area (Å²) in [6, 6.07) is 13.7. The maximum absolute atomic E-state index is 14.2. The Bertz CT molecular complexity index is 4840. The summed E-state index contributed by atoms with van der Waals surface area (Å²) in [6.07, 6.45) is 1.05. The van der Waals surface area contributed by atoms with Crippen molar-refractivity contribution in [1.82, 2.24) is 29.9 Å². The minimum atomic E-state index is -5.67. The molecule has 2 aliphatic carbocycles. The number of ether oxygens (including phenoxy) is 2. The van der Waals surface area contributed by atoms with Crippen LogP contribution in [0.4, 0.5) is 57.9 Å². The number of halogens is 2. The van der Waals surface area contributed by atoms with Crippen molar-refractivity contribution >= 4 is 177 Å². The maximum atomic E-state index is 14.2. The number of methoxy groups -OCH3 is 2. The molecule has 0 bridgehead atoms. The molecule has 2 aliphatic rings. The van der Waals surface area contributed by atoms with Gasteiger partial charge in [-0.3, -0.25) is 20.4 Å². The smallest absolute Gasteiger partial charge is 0.744 e. The van der Waals surface area contributed by atoms with Crippen LogP contribution in [0.25, 0.3) is 12.2 Å². The molecule has 0 saturated heterocycles. The van der Waals surface area contributed by atoms with E-state index in [0.29, 0.717) is 36.4 Å². The second-order valence-electron chi connectivity index (χ2n) is 17.7. The molecule has 0 atom stereocenters. The first kappa shape index (κ1) is 88.8. The Morgan fingerprint density at radius 1 is 0.406 bits per heavy atom. The van der Waals surface area contributed by atoms with E-state index in [1.807, 2.05) is 0 Å². The van der Waals surface area contributed by atoms with Gasteiger partial charge in [0.2, 0.25) is 45.9 Å². The van der Waals surface area contributed by atoms with E-state index in [1.165, 1.54) is 24.3 Å². The van der Waals surface area contributed by atoms with E-state index in [9.17, 15) is 87.4 Å². The van der Waals surface area contributed by atoms with E-state index in [2.05, 4.69) is 72.2 Å². The number of allylic oxidation sites excluding steroid dienone is 2. The van der Waals surface area contributed by atoms with Crippen molar-refractivity contribution in [3.05, 3.63) is 128 Å². The van der Waals surface area contributed by atoms with Gasteiger partial charge in [0.05, 0.1) is 77.5 Å². The Hall–Kier alpha value is -1.37. The molecule has 0 radical (unpaired) electrons. The quantitative estimate of drug-likeness (QED) is 0.0234. The van der Waals surface area contributed by atoms with Gasteiger partial charge < -0.3 is 58.1 Å². The Balaban J connectivity index is 0.00000400. The zero-order chi connectivity index (χ0) is 65.8. The molecule has 470 valence electrons. The van der Waals surface area contributed by atoms with Gasteiger partial charge in [0, 0.05) is 11.4 Å². The van der Waals surface area contributed by atoms with Crippen LogP contribution in [0.1, 0.15) is 31.8 Å². The number of nitrogens with zero attached hydrogens (tertiary/aromatic N) is 8. The van der Waals surface area contributed by atoms with Crippen LogP contribution in [0.5, 0.6) is 11.5 Å². The summed E-state index contributed by atoms with van der Waals surface area (Å²) in [5, 5.41) is 16.9. The predicted molar refractivity (Wildman–Crippen MR) is 306 cm³/mol. The van der Waals surface area contributed by atoms with E-state index in [0.717, 1.165) is 50.6 Å². The zero-order valence-corrected chi connectivity index (χ0v) is 71.8. The minimum absolute atomic E-state index is 0. The first-order valence-corrected chi connectivity index (χ1v) is 32.8. The van der Waals surface area contributed by atoms with Crippen molar-refractivity contribution in [3.8, 4) is 11.5 Å². The number of carbonyl (C=O) groups excluding carboxylic acids is 2. The van der Waals surface area contributed by atoms with E-state index in [4.69, 9.17) is 32.7 Å². The number of hydrogen-bond acceptors (Lipinski definition) is 36. The van der Waals surface area contributed by atoms with Gasteiger partial charge in [0.15, 0.2) is 0 Å². The Labute approximate surface area is 747 Å². The summed E-state index contributed by atoms with van der Waals surface area (Å²) in [7, 11) is -30.5. The van der Waals surface area contributed by atoms with E-state index in [1.54, 1.807) is 0 Å². The van der Waals surface area contributed by atoms with Crippen LogP contribution in [0, 0.1) is 0 Å². The van der Waals surface area contributed by atoms with Crippen molar-refractivity contribution in [3.63, 3.8) is 0 Å². The van der Waals surface area contributed by atoms with Crippen LogP contribution in [-0.2, 0) is 60.7 Å². The SMILES string of the molecule is COc1ccc(N/N=C2/C(=O)c3c(cc(S(=O)(=O)[O-])cc3Nc3nc(Cl)nc(Nc4ccc(Nc5nc(Cl)nc(Nc6cc(S(=O)(=O)[O-])cc7c6C(=O)/C(=N/Nc6ccc(OC)c(S(=O)(=O)[O-])c6)C(S(=O)(=O)[O-])=C7)n5)cc4)n3)C=C2S(=O)(=O)[O-])cc1S(=O)(=O)[O-].[K+].[K+].[K+].[Na+].[Na+].[Na+]. The van der Waals surface area contributed by atoms with Gasteiger partial charge in [0.1, 0.15) is 83.6 Å². The van der Waals surface area contributed by atoms with Crippen molar-refractivity contribution < 1.29 is 340 Å². The van der Waals surface area contributed by atoms with Crippen molar-refractivity contribution in [2.75, 3.05) is 46.3 Å². The molecule has 2 aromatic heterocycles. The zero-order valence-electron chi connectivity index (χ0n) is 50.0. The molecule has 0 saturated carbocycles. The Morgan fingerprint density at radius 2 is 0.708 bits per heavy atom. The molecule has 96 heavy (non-hydrogen) atoms. The fourth-order valence-electron chi connectivity index (χ4n) is 8.15. The average Bonchev–Trinajstić information content (AvgIpc) is 0.754. The molecule has 5 aromatic carbocycles. The number of Topliss-reactive ketones (excluding diaryl/α,β-unsaturated/α-hetero) is 2. The average molecular weight is 1580 g/mol. The predicted octanol–water partition coefficient (Wildman–Crippen LogP) is -14.9. The minimum Gasteiger partial charge on any atom is -0.744 e. The van der Waals surface area contributed by atoms with Gasteiger partial charge in [0.25, 0.3) is 0 Å². The first-order valence-electron chi connectivity index (χ1n) is 23.6. The largest absolute Gasteiger partial charge is 1.00 e. The second-order valence-corrected chi connectivity index (χ2v) is 26.6. The number of fused-ring (bicyclic) bond motifs is 2. The third kappa shape index (κ3) is 21.9. The van der Waals surface area contributed by atoms with Gasteiger partial charge in [-0.25, -0.2) is 50.5 Å². The summed E-state index contributed by atoms with van der Waals surface area (Å²) in [4.78, 5) is 45.8. The number of aromatic nitrogens is 6. The Morgan fingerprint density at radius 3 is 0.990 bits per heavy atom. The summed E-state index contributed by atoms with van der Waals surface area (Å²) in [6.45, 7) is 0. The molecule has 36 nitrogen and oxygen atoms in total. The van der Waals surface area contributed by atoms with Gasteiger partial charge in [-0.1, -0.05) is 0 Å². The number of carbonyl (C=O) groups is 2. The first-order chi connectivity index (χ1) is 41.9. The number of rotatable bonds is 20. The summed E-state index contributed by atoms with van der Waals surface area (Å²) in [5.74, 6) is -5.46. The van der Waals surface area contributed by atoms with Crippen LogP contribution in [0.2, 0.25) is 10.6 Å². The molecule has 2 heterocycles. The number of hydrogen-bond donors (Lipinski definition) is 6. The third-order valence-corrected chi connectivity index (χ3v) is 17.3. The molecule has 9 rings (SSSR count). The third-order valence-electron chi connectivity index (χ3n) is 11.9. The summed E-state index contributed by atoms with van der Waals surface area (Å²) < 4.78 is 230. The van der Waals surface area contributed by atoms with E-state index < -0.39 is 181 Å². The van der Waals surface area contributed by atoms with Crippen molar-refractivity contribution in [2.45, 2.75) is 19.6 Å². The van der Waals surface area contributed by atoms with Crippen molar-refractivity contribution in [1.29, 1.82) is 0 Å². The van der Waals surface area contributed by atoms with Gasteiger partial charge in [-0.05, 0) is 131 Å². The molecule has 0 spiro atoms. The molecule has 0 fully saturated rings. The Kier molecular flexibility index (Phi) is 32.8. The normalized spacial score (nSPS) is 13.7. The van der Waals surface area contributed by atoms with Crippen LogP contribution in [0.3, 0.4) is 0 Å². The topological polar surface area (TPSA) is 570 Å². The van der Waals surface area contributed by atoms with E-state index >= 15 is 0 Å². The molecule has 50 heteroatoms. The van der Waals surface area contributed by atoms with Crippen molar-refractivity contribution in [2.24, 2.45) is 10.2 Å². The molecule has 0 amide bonds. The van der Waals surface area contributed by atoms with Crippen LogP contribution >= 0.6 is 23.2 Å². The summed E-state index contributed by atoms with van der Waals surface area (Å²) in [5.41, 5.74) is -1.93. The fraction of sp³-hybridized carbons (Fsp3) is 0.0435. The molecular weight excluding hydrogens is 1550 g/mol. The number of nitrogens with one attached hydrogen (secondary N) is 6. The standard InChI is InChI=1S/C46H34Cl2N14O22S6.3K.3Na/c1-83-29-9-7-23(15-31(29)87(71,72)73)59-61-37-33(89(77,78)79)13-19-11-25(85(65,66)67)17-27(35(19)39(37)63)51-45-55-41(47)53-43(57-45)49-21-3-5-22(6-4-21)50-44-54-42(48)56-46(58-44)52-28-18-26(86(68,69)70)12-20-14-34(90(80,81)82)38(40(64)36(20)28)62-60-24-8-10-30(84-2)32(16-24)88(74,75)76;;;;;;/h3-18,59-60H,1-2H3,(H,65,66,67)(H,68,69,70)(H,71,72,73)(H,74,75,76)(H,77,78,79)(H,80,81,82)(H2,49,51,53,55,57)(H2,50,52,54,56,58);;;;;;/q;6*+1/p-6/b61-37+,62-38+;;;;;;. The van der Waals surface area contributed by atoms with E-state index in [-0.39, 0.29) is 277 Å². The fourth-order valence-corrected chi connectivity index (χ4v) is 12.2. The van der Waals surface area contributed by atoms with Gasteiger partial charge in [-0.2, -0.15) is 40.1 Å². The van der Waals surface area contributed by atoms with Gasteiger partial charge in [-0.15, -0.1) is 0 Å². The molecule has 0 unspecified atom stereocenters. The molecular formula is C46H28Cl2K3N14Na3O22S6. The van der Waals surface area contributed by atoms with Crippen LogP contribution < -0.4 is 284 Å². The number of ketones is 2. The monoisotopic (exact) mass is 1580 g/mol. The van der Waals surface area contributed by atoms with Crippen LogP contribution in [-0.4, -0.2) is 145 Å². The molecule has 0 aliphatic heterocycles. The molecule has 6 N–H and O–H groups in total. The summed E-state index contributed by atoms with van der Waals surface area (Å²) >= 11 is 12.5. The maximum Gasteiger partial charge on any atom is 1.00 e. The number of hydrazone groups is 2.